The maximum absolute atomic E-state index is 14.3. The van der Waals surface area contributed by atoms with Crippen molar-refractivity contribution in [3.63, 3.8) is 0 Å². The molecule has 5 nitrogen and oxygen atoms in total. The number of hydrogen-bond acceptors (Lipinski definition) is 5. The van der Waals surface area contributed by atoms with E-state index in [1.807, 2.05) is 13.0 Å². The Kier molecular flexibility index (Phi) is 5.32. The van der Waals surface area contributed by atoms with Gasteiger partial charge in [-0.15, -0.1) is 0 Å². The summed E-state index contributed by atoms with van der Waals surface area (Å²) >= 11 is 0. The predicted octanol–water partition coefficient (Wildman–Crippen LogP) is 5.82. The van der Waals surface area contributed by atoms with Gasteiger partial charge in [-0.2, -0.15) is 0 Å². The topological polar surface area (TPSA) is 80.7 Å². The van der Waals surface area contributed by atoms with Crippen LogP contribution in [0, 0.1) is 44.3 Å². The second-order valence-corrected chi connectivity index (χ2v) is 15.0. The molecule has 0 amide bonds. The summed E-state index contributed by atoms with van der Waals surface area (Å²) in [6.07, 6.45) is 8.62. The van der Waals surface area contributed by atoms with Gasteiger partial charge >= 0.3 is 5.97 Å². The van der Waals surface area contributed by atoms with Crippen LogP contribution >= 0.6 is 0 Å². The average molecular weight is 499 g/mol. The number of fused-ring (bicyclic) bond motifs is 7. The third kappa shape index (κ3) is 2.79. The van der Waals surface area contributed by atoms with Gasteiger partial charge in [-0.3, -0.25) is 14.4 Å². The lowest BCUT2D eigenvalue weighted by Gasteiger charge is -2.72. The van der Waals surface area contributed by atoms with Crippen LogP contribution < -0.4 is 0 Å². The smallest absolute Gasteiger partial charge is 0.311 e. The lowest BCUT2D eigenvalue weighted by atomic mass is 9.32. The molecule has 5 aliphatic rings. The molecule has 0 radical (unpaired) electrons. The molecular weight excluding hydrogens is 452 g/mol. The molecular formula is C31H46O5. The number of carbonyl (C=O) groups is 3. The van der Waals surface area contributed by atoms with Crippen LogP contribution in [0.5, 0.6) is 0 Å². The van der Waals surface area contributed by atoms with Gasteiger partial charge < -0.3 is 9.84 Å². The molecule has 4 fully saturated rings. The van der Waals surface area contributed by atoms with Crippen LogP contribution in [0.3, 0.4) is 0 Å². The Morgan fingerprint density at radius 1 is 0.917 bits per heavy atom. The van der Waals surface area contributed by atoms with Gasteiger partial charge in [0.1, 0.15) is 11.4 Å². The van der Waals surface area contributed by atoms with Crippen molar-refractivity contribution in [1.29, 1.82) is 0 Å². The Hall–Kier alpha value is -1.49. The van der Waals surface area contributed by atoms with Gasteiger partial charge in [0.05, 0.1) is 12.5 Å². The fourth-order valence-electron chi connectivity index (χ4n) is 10.4. The third-order valence-electron chi connectivity index (χ3n) is 13.2. The van der Waals surface area contributed by atoms with E-state index in [0.29, 0.717) is 18.6 Å². The fourth-order valence-corrected chi connectivity index (χ4v) is 10.4. The van der Waals surface area contributed by atoms with Crippen LogP contribution in [0.2, 0.25) is 0 Å². The van der Waals surface area contributed by atoms with Gasteiger partial charge in [0.25, 0.3) is 0 Å². The van der Waals surface area contributed by atoms with E-state index in [-0.39, 0.29) is 39.8 Å². The molecule has 0 unspecified atom stereocenters. The van der Waals surface area contributed by atoms with E-state index in [2.05, 4.69) is 41.5 Å². The van der Waals surface area contributed by atoms with Crippen LogP contribution in [0.15, 0.2) is 11.6 Å². The third-order valence-corrected chi connectivity index (χ3v) is 13.2. The Labute approximate surface area is 216 Å². The van der Waals surface area contributed by atoms with Crippen molar-refractivity contribution >= 4 is 17.5 Å². The SMILES string of the molecule is COC(=O)[C@@]1(C)CC[C@]2(C)CC[C@@]3(C)[C@]4(C)CC[C@H]5C(C)(C)C(=O)CC[C@]5(C)C4=CC(=O)[C@]3(O)[C@@H]2C1. The number of rotatable bonds is 1. The largest absolute Gasteiger partial charge is 0.469 e. The normalized spacial score (nSPS) is 51.8. The molecule has 4 saturated carbocycles. The number of aliphatic hydroxyl groups is 1. The highest BCUT2D eigenvalue weighted by molar-refractivity contribution is 6.01. The van der Waals surface area contributed by atoms with Crippen LogP contribution in [-0.4, -0.2) is 35.4 Å². The summed E-state index contributed by atoms with van der Waals surface area (Å²) in [6, 6.07) is 0. The van der Waals surface area contributed by atoms with E-state index < -0.39 is 21.8 Å². The minimum Gasteiger partial charge on any atom is -0.469 e. The number of esters is 1. The van der Waals surface area contributed by atoms with E-state index in [1.54, 1.807) is 0 Å². The summed E-state index contributed by atoms with van der Waals surface area (Å²) in [5, 5.41) is 12.8. The van der Waals surface area contributed by atoms with Gasteiger partial charge in [-0.05, 0) is 86.5 Å². The zero-order valence-corrected chi connectivity index (χ0v) is 23.7. The van der Waals surface area contributed by atoms with Gasteiger partial charge in [0, 0.05) is 23.2 Å². The van der Waals surface area contributed by atoms with Gasteiger partial charge in [-0.1, -0.05) is 47.1 Å². The molecule has 0 aromatic heterocycles. The predicted molar refractivity (Wildman–Crippen MR) is 138 cm³/mol. The van der Waals surface area contributed by atoms with Crippen molar-refractivity contribution in [3.05, 3.63) is 11.6 Å². The van der Waals surface area contributed by atoms with E-state index >= 15 is 0 Å². The Balaban J connectivity index is 1.66. The van der Waals surface area contributed by atoms with Crippen molar-refractivity contribution in [3.8, 4) is 0 Å². The van der Waals surface area contributed by atoms with Crippen molar-refractivity contribution < 1.29 is 24.2 Å². The molecule has 200 valence electrons. The summed E-state index contributed by atoms with van der Waals surface area (Å²) in [6.45, 7) is 15.1. The van der Waals surface area contributed by atoms with Gasteiger partial charge in [0.15, 0.2) is 5.78 Å². The van der Waals surface area contributed by atoms with Crippen LogP contribution in [0.1, 0.15) is 106 Å². The molecule has 36 heavy (non-hydrogen) atoms. The number of methoxy groups -OCH3 is 1. The fraction of sp³-hybridized carbons (Fsp3) is 0.839. The van der Waals surface area contributed by atoms with Gasteiger partial charge in [-0.25, -0.2) is 0 Å². The molecule has 0 spiro atoms. The number of carbonyl (C=O) groups excluding carboxylic acids is 3. The van der Waals surface area contributed by atoms with Crippen LogP contribution in [0.4, 0.5) is 0 Å². The first kappa shape index (κ1) is 26.1. The second kappa shape index (κ2) is 7.33. The molecule has 5 heteroatoms. The highest BCUT2D eigenvalue weighted by Gasteiger charge is 2.75. The summed E-state index contributed by atoms with van der Waals surface area (Å²) < 4.78 is 5.19. The highest BCUT2D eigenvalue weighted by atomic mass is 16.5. The lowest BCUT2D eigenvalue weighted by molar-refractivity contribution is -0.245. The standard InChI is InChI=1S/C31H46O5/c1-25(2)19-9-12-29(6)20(28(19,5)11-10-22(25)32)17-23(33)31(35)21-18-27(4,24(34)36-8)14-13-26(21,3)15-16-30(29,31)7/h17,19,21,35H,9-16,18H2,1-8H3/t19-,21+,26+,27-,28-,29+,30-,31+/m0/s1. The molecule has 1 N–H and O–H groups in total. The minimum atomic E-state index is -1.53. The van der Waals surface area contributed by atoms with Crippen molar-refractivity contribution in [2.24, 2.45) is 44.3 Å². The first-order valence-electron chi connectivity index (χ1n) is 14.1. The second-order valence-electron chi connectivity index (χ2n) is 15.0. The molecule has 5 aliphatic carbocycles. The number of hydrogen-bond donors (Lipinski definition) is 1. The quantitative estimate of drug-likeness (QED) is 0.461. The monoisotopic (exact) mass is 498 g/mol. The molecule has 0 saturated heterocycles. The number of ether oxygens (including phenoxy) is 1. The Morgan fingerprint density at radius 2 is 1.56 bits per heavy atom. The van der Waals surface area contributed by atoms with E-state index in [0.717, 1.165) is 44.9 Å². The summed E-state index contributed by atoms with van der Waals surface area (Å²) in [5.41, 5.74) is -2.90. The maximum Gasteiger partial charge on any atom is 0.311 e. The Morgan fingerprint density at radius 3 is 2.19 bits per heavy atom. The molecule has 8 atom stereocenters. The first-order chi connectivity index (χ1) is 16.5. The molecule has 5 rings (SSSR count). The number of allylic oxidation sites excluding steroid dienone is 1. The van der Waals surface area contributed by atoms with Crippen LogP contribution in [-0.2, 0) is 19.1 Å². The maximum atomic E-state index is 14.3. The zero-order chi connectivity index (χ0) is 26.7. The lowest BCUT2D eigenvalue weighted by Crippen LogP contribution is -2.74. The molecule has 0 aromatic rings. The summed E-state index contributed by atoms with van der Waals surface area (Å²) in [4.78, 5) is 40.1. The van der Waals surface area contributed by atoms with E-state index in [4.69, 9.17) is 4.74 Å². The average Bonchev–Trinajstić information content (AvgIpc) is 2.81. The first-order valence-corrected chi connectivity index (χ1v) is 14.1. The van der Waals surface area contributed by atoms with E-state index in [9.17, 15) is 19.5 Å². The highest BCUT2D eigenvalue weighted by Crippen LogP contribution is 2.75. The minimum absolute atomic E-state index is 0.181. The number of Topliss-reactive ketones (excluding diaryl/α,β-unsaturated/α-hetero) is 1. The molecule has 0 heterocycles. The molecule has 0 aromatic carbocycles. The molecule has 0 aliphatic heterocycles. The van der Waals surface area contributed by atoms with Crippen molar-refractivity contribution in [2.75, 3.05) is 7.11 Å². The van der Waals surface area contributed by atoms with Crippen LogP contribution in [0.25, 0.3) is 0 Å². The summed E-state index contributed by atoms with van der Waals surface area (Å²) in [7, 11) is 1.43. The van der Waals surface area contributed by atoms with Gasteiger partial charge in [0.2, 0.25) is 0 Å². The van der Waals surface area contributed by atoms with E-state index in [1.165, 1.54) is 12.7 Å². The molecule has 0 bridgehead atoms. The number of ketones is 2. The zero-order valence-electron chi connectivity index (χ0n) is 23.7. The van der Waals surface area contributed by atoms with Crippen molar-refractivity contribution in [1.82, 2.24) is 0 Å². The Bertz CT molecular complexity index is 1070. The van der Waals surface area contributed by atoms with Crippen molar-refractivity contribution in [2.45, 2.75) is 112 Å². The summed E-state index contributed by atoms with van der Waals surface area (Å²) in [5.74, 6) is -0.206.